The molecule has 32 heavy (non-hydrogen) atoms. The molecular weight excluding hydrogens is 465 g/mol. The van der Waals surface area contributed by atoms with Crippen LogP contribution in [0.4, 0.5) is 18.9 Å². The van der Waals surface area contributed by atoms with Crippen molar-refractivity contribution in [3.05, 3.63) is 95.0 Å². The standard InChI is InChI=1S/C22H18ClF3N2O3S/c23-18-11-9-16(10-12-18)14-28(32(30,31)20-7-2-1-3-8-20)15-21(29)27-19-6-4-5-17(13-19)22(24,25)26/h1-13H,14-15H2,(H,27,29). The highest BCUT2D eigenvalue weighted by Crippen LogP contribution is 2.30. The molecule has 0 aliphatic heterocycles. The van der Waals surface area contributed by atoms with Crippen LogP contribution in [-0.4, -0.2) is 25.2 Å². The Balaban J connectivity index is 1.85. The number of halogens is 4. The van der Waals surface area contributed by atoms with Gasteiger partial charge in [0.1, 0.15) is 0 Å². The summed E-state index contributed by atoms with van der Waals surface area (Å²) in [5.74, 6) is -0.780. The maximum atomic E-state index is 13.1. The normalized spacial score (nSPS) is 12.0. The number of carbonyl (C=O) groups excluding carboxylic acids is 1. The zero-order valence-electron chi connectivity index (χ0n) is 16.5. The number of benzene rings is 3. The monoisotopic (exact) mass is 482 g/mol. The lowest BCUT2D eigenvalue weighted by Gasteiger charge is -2.22. The molecule has 0 aromatic heterocycles. The Labute approximate surface area is 188 Å². The number of nitrogens with zero attached hydrogens (tertiary/aromatic N) is 1. The van der Waals surface area contributed by atoms with Gasteiger partial charge in [0.2, 0.25) is 15.9 Å². The third kappa shape index (κ3) is 6.09. The van der Waals surface area contributed by atoms with Crippen LogP contribution in [0.1, 0.15) is 11.1 Å². The molecule has 0 bridgehead atoms. The Kier molecular flexibility index (Phi) is 7.22. The van der Waals surface area contributed by atoms with Crippen LogP contribution in [0.2, 0.25) is 5.02 Å². The first-order chi connectivity index (χ1) is 15.1. The molecule has 0 unspecified atom stereocenters. The van der Waals surface area contributed by atoms with Crippen LogP contribution in [0.3, 0.4) is 0 Å². The van der Waals surface area contributed by atoms with Crippen LogP contribution in [-0.2, 0) is 27.5 Å². The molecule has 3 aromatic rings. The summed E-state index contributed by atoms with van der Waals surface area (Å²) in [6, 6.07) is 18.1. The van der Waals surface area contributed by atoms with Crippen molar-refractivity contribution < 1.29 is 26.4 Å². The molecule has 1 amide bonds. The minimum absolute atomic E-state index is 0.0131. The summed E-state index contributed by atoms with van der Waals surface area (Å²) in [7, 11) is -4.07. The lowest BCUT2D eigenvalue weighted by atomic mass is 10.2. The Morgan fingerprint density at radius 2 is 1.59 bits per heavy atom. The molecular formula is C22H18ClF3N2O3S. The zero-order chi connectivity index (χ0) is 23.4. The summed E-state index contributed by atoms with van der Waals surface area (Å²) < 4.78 is 66.0. The topological polar surface area (TPSA) is 66.5 Å². The van der Waals surface area contributed by atoms with E-state index in [-0.39, 0.29) is 17.1 Å². The molecule has 0 aliphatic rings. The minimum atomic E-state index is -4.57. The Bertz CT molecular complexity index is 1190. The molecule has 0 atom stereocenters. The van der Waals surface area contributed by atoms with E-state index in [1.54, 1.807) is 42.5 Å². The van der Waals surface area contributed by atoms with Crippen molar-refractivity contribution in [1.29, 1.82) is 0 Å². The van der Waals surface area contributed by atoms with Crippen LogP contribution in [0.5, 0.6) is 0 Å². The van der Waals surface area contributed by atoms with E-state index in [0.29, 0.717) is 10.6 Å². The second-order valence-electron chi connectivity index (χ2n) is 6.84. The summed E-state index contributed by atoms with van der Waals surface area (Å²) in [6.07, 6.45) is -4.57. The Morgan fingerprint density at radius 1 is 0.938 bits per heavy atom. The average molecular weight is 483 g/mol. The predicted molar refractivity (Wildman–Crippen MR) is 116 cm³/mol. The van der Waals surface area contributed by atoms with E-state index < -0.39 is 34.2 Å². The quantitative estimate of drug-likeness (QED) is 0.504. The third-order valence-electron chi connectivity index (χ3n) is 4.45. The van der Waals surface area contributed by atoms with Gasteiger partial charge < -0.3 is 5.32 Å². The van der Waals surface area contributed by atoms with Gasteiger partial charge >= 0.3 is 6.18 Å². The molecule has 0 fully saturated rings. The number of amides is 1. The number of nitrogens with one attached hydrogen (secondary N) is 1. The van der Waals surface area contributed by atoms with Gasteiger partial charge in [0.15, 0.2) is 0 Å². The molecule has 0 heterocycles. The molecule has 0 saturated carbocycles. The van der Waals surface area contributed by atoms with Gasteiger partial charge in [-0.15, -0.1) is 0 Å². The summed E-state index contributed by atoms with van der Waals surface area (Å²) in [5.41, 5.74) is -0.431. The average Bonchev–Trinajstić information content (AvgIpc) is 2.75. The van der Waals surface area contributed by atoms with Crippen LogP contribution in [0, 0.1) is 0 Å². The fourth-order valence-corrected chi connectivity index (χ4v) is 4.43. The van der Waals surface area contributed by atoms with Gasteiger partial charge in [0.05, 0.1) is 17.0 Å². The minimum Gasteiger partial charge on any atom is -0.325 e. The van der Waals surface area contributed by atoms with E-state index in [0.717, 1.165) is 22.5 Å². The van der Waals surface area contributed by atoms with Gasteiger partial charge in [0.25, 0.3) is 0 Å². The Morgan fingerprint density at radius 3 is 2.22 bits per heavy atom. The Hall–Kier alpha value is -2.88. The second-order valence-corrected chi connectivity index (χ2v) is 9.21. The third-order valence-corrected chi connectivity index (χ3v) is 6.50. The summed E-state index contributed by atoms with van der Waals surface area (Å²) in [5, 5.41) is 2.80. The number of anilines is 1. The first-order valence-corrected chi connectivity index (χ1v) is 11.1. The fourth-order valence-electron chi connectivity index (χ4n) is 2.89. The highest BCUT2D eigenvalue weighted by Gasteiger charge is 2.31. The highest BCUT2D eigenvalue weighted by atomic mass is 35.5. The van der Waals surface area contributed by atoms with Crippen molar-refractivity contribution >= 4 is 33.2 Å². The van der Waals surface area contributed by atoms with Crippen molar-refractivity contribution in [2.24, 2.45) is 0 Å². The maximum Gasteiger partial charge on any atom is 0.416 e. The number of rotatable bonds is 7. The predicted octanol–water partition coefficient (Wildman–Crippen LogP) is 5.19. The molecule has 1 N–H and O–H groups in total. The largest absolute Gasteiger partial charge is 0.416 e. The first kappa shape index (κ1) is 23.8. The SMILES string of the molecule is O=C(CN(Cc1ccc(Cl)cc1)S(=O)(=O)c1ccccc1)Nc1cccc(C(F)(F)F)c1. The van der Waals surface area contributed by atoms with E-state index in [1.165, 1.54) is 18.2 Å². The number of sulfonamides is 1. The molecule has 0 aliphatic carbocycles. The summed E-state index contributed by atoms with van der Waals surface area (Å²) in [4.78, 5) is 12.6. The van der Waals surface area contributed by atoms with E-state index in [1.807, 2.05) is 0 Å². The number of carbonyl (C=O) groups is 1. The van der Waals surface area contributed by atoms with Crippen molar-refractivity contribution in [3.8, 4) is 0 Å². The lowest BCUT2D eigenvalue weighted by Crippen LogP contribution is -2.37. The number of hydrogen-bond acceptors (Lipinski definition) is 3. The van der Waals surface area contributed by atoms with Gasteiger partial charge in [-0.25, -0.2) is 8.42 Å². The molecule has 3 aromatic carbocycles. The van der Waals surface area contributed by atoms with Crippen molar-refractivity contribution in [2.45, 2.75) is 17.6 Å². The van der Waals surface area contributed by atoms with E-state index >= 15 is 0 Å². The van der Waals surface area contributed by atoms with Gasteiger partial charge in [0, 0.05) is 17.3 Å². The van der Waals surface area contributed by atoms with Gasteiger partial charge in [-0.3, -0.25) is 4.79 Å². The van der Waals surface area contributed by atoms with Gasteiger partial charge in [-0.05, 0) is 48.0 Å². The summed E-state index contributed by atoms with van der Waals surface area (Å²) >= 11 is 5.88. The molecule has 10 heteroatoms. The fraction of sp³-hybridized carbons (Fsp3) is 0.136. The molecule has 3 rings (SSSR count). The molecule has 0 radical (unpaired) electrons. The van der Waals surface area contributed by atoms with E-state index in [4.69, 9.17) is 11.6 Å². The maximum absolute atomic E-state index is 13.1. The smallest absolute Gasteiger partial charge is 0.325 e. The number of alkyl halides is 3. The van der Waals surface area contributed by atoms with Gasteiger partial charge in [-0.1, -0.05) is 48.0 Å². The van der Waals surface area contributed by atoms with Crippen LogP contribution in [0.15, 0.2) is 83.8 Å². The lowest BCUT2D eigenvalue weighted by molar-refractivity contribution is -0.137. The highest BCUT2D eigenvalue weighted by molar-refractivity contribution is 7.89. The van der Waals surface area contributed by atoms with Crippen molar-refractivity contribution in [3.63, 3.8) is 0 Å². The zero-order valence-corrected chi connectivity index (χ0v) is 18.1. The van der Waals surface area contributed by atoms with Gasteiger partial charge in [-0.2, -0.15) is 17.5 Å². The first-order valence-electron chi connectivity index (χ1n) is 9.32. The summed E-state index contributed by atoms with van der Waals surface area (Å²) in [6.45, 7) is -0.736. The van der Waals surface area contributed by atoms with E-state index in [2.05, 4.69) is 5.32 Å². The van der Waals surface area contributed by atoms with Crippen molar-refractivity contribution in [2.75, 3.05) is 11.9 Å². The van der Waals surface area contributed by atoms with Crippen molar-refractivity contribution in [1.82, 2.24) is 4.31 Å². The van der Waals surface area contributed by atoms with Crippen LogP contribution < -0.4 is 5.32 Å². The molecule has 0 saturated heterocycles. The molecule has 5 nitrogen and oxygen atoms in total. The van der Waals surface area contributed by atoms with Crippen LogP contribution >= 0.6 is 11.6 Å². The van der Waals surface area contributed by atoms with Crippen LogP contribution in [0.25, 0.3) is 0 Å². The number of hydrogen-bond donors (Lipinski definition) is 1. The second kappa shape index (κ2) is 9.72. The molecule has 168 valence electrons. The van der Waals surface area contributed by atoms with E-state index in [9.17, 15) is 26.4 Å². The molecule has 0 spiro atoms.